The maximum atomic E-state index is 13.5. The second-order valence-corrected chi connectivity index (χ2v) is 9.43. The highest BCUT2D eigenvalue weighted by molar-refractivity contribution is 7.09. The van der Waals surface area contributed by atoms with Crippen LogP contribution in [0.4, 0.5) is 0 Å². The highest BCUT2D eigenvalue weighted by Crippen LogP contribution is 2.18. The van der Waals surface area contributed by atoms with E-state index in [0.29, 0.717) is 31.6 Å². The average Bonchev–Trinajstić information content (AvgIpc) is 3.34. The van der Waals surface area contributed by atoms with Gasteiger partial charge in [-0.2, -0.15) is 0 Å². The molecule has 0 N–H and O–H groups in total. The van der Waals surface area contributed by atoms with E-state index < -0.39 is 0 Å². The van der Waals surface area contributed by atoms with Gasteiger partial charge in [0.1, 0.15) is 5.56 Å². The van der Waals surface area contributed by atoms with Crippen molar-refractivity contribution in [1.29, 1.82) is 0 Å². The SMILES string of the molecule is CCc1c(C(=O)N2CCN(CC=Cc3ccccc3)CC2)c(=O)cc(C)n1Cc1cccs1. The fourth-order valence-electron chi connectivity index (χ4n) is 4.40. The molecule has 1 fully saturated rings. The fraction of sp³-hybridized carbons (Fsp3) is 0.333. The molecule has 5 nitrogen and oxygen atoms in total. The number of nitrogens with zero attached hydrogens (tertiary/aromatic N) is 3. The van der Waals surface area contributed by atoms with Crippen molar-refractivity contribution in [1.82, 2.24) is 14.4 Å². The van der Waals surface area contributed by atoms with Crippen LogP contribution < -0.4 is 5.43 Å². The number of carbonyl (C=O) groups excluding carboxylic acids is 1. The van der Waals surface area contributed by atoms with Crippen molar-refractivity contribution in [3.63, 3.8) is 0 Å². The summed E-state index contributed by atoms with van der Waals surface area (Å²) in [6.45, 7) is 8.41. The van der Waals surface area contributed by atoms with Crippen LogP contribution >= 0.6 is 11.3 Å². The summed E-state index contributed by atoms with van der Waals surface area (Å²) in [5.74, 6) is -0.128. The summed E-state index contributed by atoms with van der Waals surface area (Å²) in [6, 6.07) is 16.0. The number of hydrogen-bond donors (Lipinski definition) is 0. The van der Waals surface area contributed by atoms with E-state index >= 15 is 0 Å². The summed E-state index contributed by atoms with van der Waals surface area (Å²) >= 11 is 1.69. The lowest BCUT2D eigenvalue weighted by Gasteiger charge is -2.34. The van der Waals surface area contributed by atoms with Crippen LogP contribution in [0, 0.1) is 6.92 Å². The molecule has 1 saturated heterocycles. The molecule has 33 heavy (non-hydrogen) atoms. The molecule has 0 bridgehead atoms. The largest absolute Gasteiger partial charge is 0.343 e. The van der Waals surface area contributed by atoms with Crippen molar-refractivity contribution in [2.75, 3.05) is 32.7 Å². The second kappa shape index (κ2) is 10.8. The summed E-state index contributed by atoms with van der Waals surface area (Å²) in [6.07, 6.45) is 4.95. The van der Waals surface area contributed by atoms with Crippen molar-refractivity contribution in [3.05, 3.63) is 97.6 Å². The van der Waals surface area contributed by atoms with Gasteiger partial charge in [0, 0.05) is 55.1 Å². The standard InChI is InChI=1S/C27H31N3O2S/c1-3-24-26(25(31)19-21(2)30(24)20-23-12-8-18-33-23)27(32)29-16-14-28(15-17-29)13-7-11-22-9-5-4-6-10-22/h4-12,18-19H,3,13-17,20H2,1-2H3. The van der Waals surface area contributed by atoms with Crippen molar-refractivity contribution in [2.45, 2.75) is 26.8 Å². The summed E-state index contributed by atoms with van der Waals surface area (Å²) in [5, 5.41) is 2.05. The molecule has 0 saturated carbocycles. The third-order valence-electron chi connectivity index (χ3n) is 6.20. The van der Waals surface area contributed by atoms with Gasteiger partial charge in [0.2, 0.25) is 0 Å². The number of aryl methyl sites for hydroxylation is 1. The van der Waals surface area contributed by atoms with Gasteiger partial charge in [-0.15, -0.1) is 11.3 Å². The molecule has 4 rings (SSSR count). The van der Waals surface area contributed by atoms with Gasteiger partial charge in [-0.3, -0.25) is 14.5 Å². The number of rotatable bonds is 7. The maximum Gasteiger partial charge on any atom is 0.259 e. The highest BCUT2D eigenvalue weighted by atomic mass is 32.1. The first-order valence-electron chi connectivity index (χ1n) is 11.6. The minimum Gasteiger partial charge on any atom is -0.343 e. The Morgan fingerprint density at radius 1 is 1.06 bits per heavy atom. The molecule has 0 aliphatic carbocycles. The predicted molar refractivity (Wildman–Crippen MR) is 136 cm³/mol. The van der Waals surface area contributed by atoms with E-state index in [1.165, 1.54) is 10.4 Å². The van der Waals surface area contributed by atoms with Crippen LogP contribution in [0.5, 0.6) is 0 Å². The van der Waals surface area contributed by atoms with Gasteiger partial charge in [0.05, 0.1) is 6.54 Å². The first-order valence-corrected chi connectivity index (χ1v) is 12.4. The number of carbonyl (C=O) groups is 1. The Bertz CT molecular complexity index is 1160. The van der Waals surface area contributed by atoms with E-state index in [0.717, 1.165) is 31.0 Å². The Hall–Kier alpha value is -2.96. The Morgan fingerprint density at radius 2 is 1.82 bits per heavy atom. The van der Waals surface area contributed by atoms with Crippen LogP contribution in [0.2, 0.25) is 0 Å². The van der Waals surface area contributed by atoms with Crippen LogP contribution in [-0.2, 0) is 13.0 Å². The van der Waals surface area contributed by atoms with Crippen molar-refractivity contribution in [3.8, 4) is 0 Å². The molecule has 0 radical (unpaired) electrons. The van der Waals surface area contributed by atoms with E-state index in [-0.39, 0.29) is 11.3 Å². The van der Waals surface area contributed by atoms with Gasteiger partial charge in [-0.25, -0.2) is 0 Å². The third kappa shape index (κ3) is 5.52. The number of amides is 1. The van der Waals surface area contributed by atoms with E-state index in [4.69, 9.17) is 0 Å². The average molecular weight is 462 g/mol. The molecule has 0 spiro atoms. The third-order valence-corrected chi connectivity index (χ3v) is 7.06. The van der Waals surface area contributed by atoms with Gasteiger partial charge < -0.3 is 9.47 Å². The van der Waals surface area contributed by atoms with Gasteiger partial charge >= 0.3 is 0 Å². The molecule has 1 aromatic carbocycles. The minimum atomic E-state index is -0.162. The van der Waals surface area contributed by atoms with E-state index in [1.807, 2.05) is 43.0 Å². The number of hydrogen-bond acceptors (Lipinski definition) is 4. The van der Waals surface area contributed by atoms with Gasteiger partial charge in [-0.05, 0) is 30.4 Å². The molecule has 3 heterocycles. The van der Waals surface area contributed by atoms with E-state index in [1.54, 1.807) is 17.4 Å². The Balaban J connectivity index is 1.45. The lowest BCUT2D eigenvalue weighted by Crippen LogP contribution is -2.49. The van der Waals surface area contributed by atoms with Crippen molar-refractivity contribution >= 4 is 23.3 Å². The first-order chi connectivity index (χ1) is 16.1. The smallest absolute Gasteiger partial charge is 0.259 e. The molecule has 6 heteroatoms. The molecule has 172 valence electrons. The summed E-state index contributed by atoms with van der Waals surface area (Å²) < 4.78 is 2.13. The number of thiophene rings is 1. The molecule has 0 atom stereocenters. The lowest BCUT2D eigenvalue weighted by molar-refractivity contribution is 0.0646. The van der Waals surface area contributed by atoms with Crippen LogP contribution in [0.15, 0.2) is 64.8 Å². The molecule has 2 aromatic heterocycles. The zero-order chi connectivity index (χ0) is 23.2. The van der Waals surface area contributed by atoms with Crippen LogP contribution in [0.25, 0.3) is 6.08 Å². The predicted octanol–water partition coefficient (Wildman–Crippen LogP) is 4.30. The topological polar surface area (TPSA) is 45.6 Å². The quantitative estimate of drug-likeness (QED) is 0.527. The first kappa shape index (κ1) is 23.2. The van der Waals surface area contributed by atoms with Gasteiger partial charge in [0.25, 0.3) is 5.91 Å². The summed E-state index contributed by atoms with van der Waals surface area (Å²) in [4.78, 5) is 31.8. The van der Waals surface area contributed by atoms with Crippen LogP contribution in [0.1, 0.15) is 39.1 Å². The van der Waals surface area contributed by atoms with Gasteiger partial charge in [-0.1, -0.05) is 55.5 Å². The molecule has 1 amide bonds. The molecule has 1 aliphatic heterocycles. The Labute approximate surface area is 199 Å². The summed E-state index contributed by atoms with van der Waals surface area (Å²) in [7, 11) is 0. The number of aromatic nitrogens is 1. The fourth-order valence-corrected chi connectivity index (χ4v) is 5.09. The molecular formula is C27H31N3O2S. The monoisotopic (exact) mass is 461 g/mol. The lowest BCUT2D eigenvalue weighted by atomic mass is 10.1. The van der Waals surface area contributed by atoms with E-state index in [9.17, 15) is 9.59 Å². The molecule has 0 unspecified atom stereocenters. The van der Waals surface area contributed by atoms with Crippen molar-refractivity contribution < 1.29 is 4.79 Å². The summed E-state index contributed by atoms with van der Waals surface area (Å²) in [5.41, 5.74) is 3.11. The van der Waals surface area contributed by atoms with Crippen LogP contribution in [-0.4, -0.2) is 53.0 Å². The Morgan fingerprint density at radius 3 is 2.48 bits per heavy atom. The zero-order valence-corrected chi connectivity index (χ0v) is 20.2. The minimum absolute atomic E-state index is 0.128. The van der Waals surface area contributed by atoms with E-state index in [2.05, 4.69) is 45.2 Å². The zero-order valence-electron chi connectivity index (χ0n) is 19.4. The number of benzene rings is 1. The second-order valence-electron chi connectivity index (χ2n) is 8.40. The molecule has 3 aromatic rings. The number of pyridine rings is 1. The molecule has 1 aliphatic rings. The number of piperazine rings is 1. The van der Waals surface area contributed by atoms with Gasteiger partial charge in [0.15, 0.2) is 5.43 Å². The van der Waals surface area contributed by atoms with Crippen LogP contribution in [0.3, 0.4) is 0 Å². The molecular weight excluding hydrogens is 430 g/mol. The maximum absolute atomic E-state index is 13.5. The highest BCUT2D eigenvalue weighted by Gasteiger charge is 2.27. The normalized spacial score (nSPS) is 14.8. The van der Waals surface area contributed by atoms with Crippen molar-refractivity contribution in [2.24, 2.45) is 0 Å². The Kier molecular flexibility index (Phi) is 7.57.